The van der Waals surface area contributed by atoms with Gasteiger partial charge in [-0.3, -0.25) is 4.79 Å². The Morgan fingerprint density at radius 1 is 1.22 bits per heavy atom. The Bertz CT molecular complexity index is 845. The number of halogens is 1. The molecule has 3 rings (SSSR count). The van der Waals surface area contributed by atoms with Crippen molar-refractivity contribution in [1.82, 2.24) is 4.98 Å². The van der Waals surface area contributed by atoms with E-state index in [4.69, 9.17) is 16.3 Å². The molecule has 2 aromatic heterocycles. The molecule has 2 heterocycles. The first-order valence-electron chi connectivity index (χ1n) is 6.69. The summed E-state index contributed by atoms with van der Waals surface area (Å²) in [5.74, 6) is -1.01. The van der Waals surface area contributed by atoms with E-state index in [1.54, 1.807) is 18.2 Å². The number of nitrogens with one attached hydrogen (secondary N) is 1. The number of pyridine rings is 1. The van der Waals surface area contributed by atoms with Crippen molar-refractivity contribution in [2.45, 2.75) is 0 Å². The highest BCUT2D eigenvalue weighted by Crippen LogP contribution is 2.25. The van der Waals surface area contributed by atoms with E-state index < -0.39 is 18.5 Å². The average Bonchev–Trinajstić information content (AvgIpc) is 2.99. The lowest BCUT2D eigenvalue weighted by Gasteiger charge is -2.06. The number of hydrogen-bond acceptors (Lipinski definition) is 5. The topological polar surface area (TPSA) is 68.3 Å². The van der Waals surface area contributed by atoms with Gasteiger partial charge < -0.3 is 10.1 Å². The molecule has 0 aliphatic rings. The number of anilines is 1. The molecule has 1 N–H and O–H groups in total. The van der Waals surface area contributed by atoms with Gasteiger partial charge in [-0.2, -0.15) is 0 Å². The van der Waals surface area contributed by atoms with Crippen molar-refractivity contribution in [3.05, 3.63) is 58.7 Å². The van der Waals surface area contributed by atoms with Crippen molar-refractivity contribution in [2.75, 3.05) is 11.9 Å². The second-order valence-corrected chi connectivity index (χ2v) is 6.06. The normalized spacial score (nSPS) is 10.5. The van der Waals surface area contributed by atoms with Crippen LogP contribution in [-0.2, 0) is 9.53 Å². The molecule has 7 heteroatoms. The number of rotatable bonds is 4. The fraction of sp³-hybridized carbons (Fsp3) is 0.0625. The zero-order valence-corrected chi connectivity index (χ0v) is 13.4. The Hall–Kier alpha value is -2.44. The van der Waals surface area contributed by atoms with Gasteiger partial charge in [-0.1, -0.05) is 29.8 Å². The molecule has 1 amide bonds. The van der Waals surface area contributed by atoms with Gasteiger partial charge in [0.2, 0.25) is 0 Å². The molecular formula is C16H11ClN2O3S. The minimum atomic E-state index is -0.529. The number of thiophene rings is 1. The number of benzene rings is 1. The summed E-state index contributed by atoms with van der Waals surface area (Å²) >= 11 is 7.17. The van der Waals surface area contributed by atoms with Gasteiger partial charge in [-0.25, -0.2) is 9.78 Å². The van der Waals surface area contributed by atoms with Crippen molar-refractivity contribution in [3.8, 4) is 0 Å². The Morgan fingerprint density at radius 2 is 2.04 bits per heavy atom. The minimum absolute atomic E-state index is 0.177. The minimum Gasteiger partial charge on any atom is -0.451 e. The fourth-order valence-corrected chi connectivity index (χ4v) is 3.07. The molecule has 3 aromatic rings. The van der Waals surface area contributed by atoms with E-state index in [-0.39, 0.29) is 5.15 Å². The summed E-state index contributed by atoms with van der Waals surface area (Å²) in [6, 6.07) is 12.6. The first-order valence-corrected chi connectivity index (χ1v) is 7.89. The van der Waals surface area contributed by atoms with Gasteiger partial charge in [0.15, 0.2) is 11.8 Å². The number of carbonyl (C=O) groups excluding carboxylic acids is 2. The molecule has 116 valence electrons. The number of hydrogen-bond donors (Lipinski definition) is 1. The van der Waals surface area contributed by atoms with Crippen molar-refractivity contribution < 1.29 is 14.3 Å². The quantitative estimate of drug-likeness (QED) is 0.577. The summed E-state index contributed by atoms with van der Waals surface area (Å²) in [5, 5.41) is 3.68. The molecule has 0 spiro atoms. The van der Waals surface area contributed by atoms with E-state index in [1.165, 1.54) is 17.5 Å². The van der Waals surface area contributed by atoms with Crippen LogP contribution in [0, 0.1) is 0 Å². The summed E-state index contributed by atoms with van der Waals surface area (Å²) in [5.41, 5.74) is 0.372. The van der Waals surface area contributed by atoms with Crippen molar-refractivity contribution in [3.63, 3.8) is 0 Å². The second kappa shape index (κ2) is 6.76. The number of esters is 1. The smallest absolute Gasteiger partial charge is 0.348 e. The lowest BCUT2D eigenvalue weighted by Crippen LogP contribution is -2.20. The van der Waals surface area contributed by atoms with Gasteiger partial charge in [-0.05, 0) is 29.7 Å². The molecule has 0 saturated carbocycles. The molecule has 0 radical (unpaired) electrons. The molecular weight excluding hydrogens is 336 g/mol. The third-order valence-electron chi connectivity index (χ3n) is 2.99. The van der Waals surface area contributed by atoms with E-state index in [0.29, 0.717) is 10.6 Å². The number of aromatic nitrogens is 1. The molecule has 23 heavy (non-hydrogen) atoms. The molecule has 0 unspecified atom stereocenters. The van der Waals surface area contributed by atoms with E-state index in [2.05, 4.69) is 10.3 Å². The third-order valence-corrected chi connectivity index (χ3v) is 4.39. The highest BCUT2D eigenvalue weighted by Gasteiger charge is 2.14. The van der Waals surface area contributed by atoms with E-state index in [1.807, 2.05) is 24.3 Å². The van der Waals surface area contributed by atoms with Crippen molar-refractivity contribution in [1.29, 1.82) is 0 Å². The maximum atomic E-state index is 12.0. The van der Waals surface area contributed by atoms with Crippen LogP contribution in [0.5, 0.6) is 0 Å². The van der Waals surface area contributed by atoms with Crippen LogP contribution in [0.3, 0.4) is 0 Å². The number of carbonyl (C=O) groups is 2. The van der Waals surface area contributed by atoms with Crippen LogP contribution in [0.2, 0.25) is 5.15 Å². The van der Waals surface area contributed by atoms with Gasteiger partial charge in [-0.15, -0.1) is 11.3 Å². The predicted octanol–water partition coefficient (Wildman–Crippen LogP) is 3.75. The lowest BCUT2D eigenvalue weighted by molar-refractivity contribution is -0.119. The largest absolute Gasteiger partial charge is 0.451 e. The monoisotopic (exact) mass is 346 g/mol. The zero-order chi connectivity index (χ0) is 16.2. The van der Waals surface area contributed by atoms with Gasteiger partial charge in [0.1, 0.15) is 4.88 Å². The molecule has 5 nitrogen and oxygen atoms in total. The van der Waals surface area contributed by atoms with Gasteiger partial charge in [0.05, 0.1) is 5.69 Å². The number of amides is 1. The number of ether oxygens (including phenoxy) is 1. The summed E-state index contributed by atoms with van der Waals surface area (Å²) in [7, 11) is 0. The second-order valence-electron chi connectivity index (χ2n) is 4.61. The number of nitrogens with zero attached hydrogens (tertiary/aromatic N) is 1. The number of fused-ring (bicyclic) bond motifs is 1. The third kappa shape index (κ3) is 3.67. The fourth-order valence-electron chi connectivity index (χ4n) is 1.95. The van der Waals surface area contributed by atoms with Crippen LogP contribution in [-0.4, -0.2) is 23.5 Å². The van der Waals surface area contributed by atoms with Crippen LogP contribution in [0.4, 0.5) is 5.69 Å². The summed E-state index contributed by atoms with van der Waals surface area (Å²) < 4.78 is 6.02. The summed E-state index contributed by atoms with van der Waals surface area (Å²) in [4.78, 5) is 28.1. The van der Waals surface area contributed by atoms with Gasteiger partial charge in [0.25, 0.3) is 5.91 Å². The highest BCUT2D eigenvalue weighted by atomic mass is 35.5. The molecule has 0 fully saturated rings. The van der Waals surface area contributed by atoms with Crippen LogP contribution in [0.1, 0.15) is 9.67 Å². The van der Waals surface area contributed by atoms with Crippen LogP contribution in [0.15, 0.2) is 48.7 Å². The highest BCUT2D eigenvalue weighted by molar-refractivity contribution is 7.20. The Labute approximate surface area is 140 Å². The van der Waals surface area contributed by atoms with E-state index in [9.17, 15) is 9.59 Å². The first-order chi connectivity index (χ1) is 11.1. The van der Waals surface area contributed by atoms with E-state index >= 15 is 0 Å². The van der Waals surface area contributed by atoms with Crippen LogP contribution in [0.25, 0.3) is 10.1 Å². The molecule has 0 atom stereocenters. The maximum Gasteiger partial charge on any atom is 0.348 e. The lowest BCUT2D eigenvalue weighted by atomic mass is 10.2. The molecule has 1 aromatic carbocycles. The van der Waals surface area contributed by atoms with Crippen LogP contribution < -0.4 is 5.32 Å². The molecule has 0 bridgehead atoms. The average molecular weight is 347 g/mol. The van der Waals surface area contributed by atoms with Crippen molar-refractivity contribution in [2.24, 2.45) is 0 Å². The summed E-state index contributed by atoms with van der Waals surface area (Å²) in [6.07, 6.45) is 1.51. The molecule has 0 aliphatic heterocycles. The Balaban J connectivity index is 1.60. The Morgan fingerprint density at radius 3 is 2.83 bits per heavy atom. The first kappa shape index (κ1) is 15.5. The standard InChI is InChI=1S/C16H11ClN2O3S/c17-15-11(5-3-7-18-15)19-14(20)9-22-16(21)13-8-10-4-1-2-6-12(10)23-13/h1-8H,9H2,(H,19,20). The van der Waals surface area contributed by atoms with Crippen LogP contribution >= 0.6 is 22.9 Å². The van der Waals surface area contributed by atoms with Gasteiger partial charge >= 0.3 is 5.97 Å². The SMILES string of the molecule is O=C(COC(=O)c1cc2ccccc2s1)Nc1cccnc1Cl. The Kier molecular flexibility index (Phi) is 4.55. The zero-order valence-electron chi connectivity index (χ0n) is 11.8. The van der Waals surface area contributed by atoms with E-state index in [0.717, 1.165) is 10.1 Å². The maximum absolute atomic E-state index is 12.0. The van der Waals surface area contributed by atoms with Crippen molar-refractivity contribution >= 4 is 50.6 Å². The summed E-state index contributed by atoms with van der Waals surface area (Å²) in [6.45, 7) is -0.391. The predicted molar refractivity (Wildman–Crippen MR) is 90.0 cm³/mol. The van der Waals surface area contributed by atoms with Gasteiger partial charge in [0, 0.05) is 10.9 Å². The molecule has 0 saturated heterocycles. The molecule has 0 aliphatic carbocycles.